The van der Waals surface area contributed by atoms with Gasteiger partial charge in [0.1, 0.15) is 5.82 Å². The summed E-state index contributed by atoms with van der Waals surface area (Å²) < 4.78 is 0. The van der Waals surface area contributed by atoms with Crippen LogP contribution in [0.5, 0.6) is 0 Å². The van der Waals surface area contributed by atoms with Crippen LogP contribution in [-0.4, -0.2) is 37.7 Å². The van der Waals surface area contributed by atoms with Gasteiger partial charge in [0, 0.05) is 47.5 Å². The van der Waals surface area contributed by atoms with E-state index in [4.69, 9.17) is 16.6 Å². The van der Waals surface area contributed by atoms with Gasteiger partial charge in [0.2, 0.25) is 0 Å². The molecule has 0 bridgehead atoms. The number of aromatic nitrogens is 5. The number of halogens is 1. The van der Waals surface area contributed by atoms with Crippen molar-refractivity contribution in [3.8, 4) is 11.4 Å². The Morgan fingerprint density at radius 1 is 1.06 bits per heavy atom. The minimum absolute atomic E-state index is 0.250. The Bertz CT molecular complexity index is 1570. The lowest BCUT2D eigenvalue weighted by Crippen LogP contribution is -2.33. The number of carbonyl (C=O) groups is 1. The van der Waals surface area contributed by atoms with Gasteiger partial charge in [-0.3, -0.25) is 15.0 Å². The smallest absolute Gasteiger partial charge is 0.326 e. The summed E-state index contributed by atoms with van der Waals surface area (Å²) in [6.07, 6.45) is 7.35. The molecule has 3 N–H and O–H groups in total. The fourth-order valence-corrected chi connectivity index (χ4v) is 4.29. The van der Waals surface area contributed by atoms with E-state index in [-0.39, 0.29) is 6.03 Å². The van der Waals surface area contributed by atoms with Crippen LogP contribution in [0.15, 0.2) is 73.3 Å². The molecule has 1 aliphatic rings. The second-order valence-corrected chi connectivity index (χ2v) is 8.50. The number of rotatable bonds is 4. The fourth-order valence-electron chi connectivity index (χ4n) is 4.12. The summed E-state index contributed by atoms with van der Waals surface area (Å²) in [4.78, 5) is 27.8. The number of benzene rings is 2. The first-order valence-corrected chi connectivity index (χ1v) is 11.4. The summed E-state index contributed by atoms with van der Waals surface area (Å²) in [5, 5.41) is 14.6. The number of anilines is 4. The zero-order chi connectivity index (χ0) is 23.8. The SMILES string of the molecule is O=C(Nc1ccncc1Cl)N1CCc2ccc(-c3nccc(Nc4ccc5[nH]ncc5c4)n3)cc21. The molecule has 0 spiro atoms. The van der Waals surface area contributed by atoms with Crippen LogP contribution < -0.4 is 15.5 Å². The van der Waals surface area contributed by atoms with E-state index in [1.54, 1.807) is 29.6 Å². The molecular weight excluding hydrogens is 464 g/mol. The van der Waals surface area contributed by atoms with Crippen molar-refractivity contribution in [3.05, 3.63) is 83.9 Å². The third-order valence-electron chi connectivity index (χ3n) is 5.87. The van der Waals surface area contributed by atoms with Crippen LogP contribution in [0.1, 0.15) is 5.56 Å². The van der Waals surface area contributed by atoms with Crippen molar-refractivity contribution in [3.63, 3.8) is 0 Å². The molecule has 1 aliphatic heterocycles. The van der Waals surface area contributed by atoms with Crippen LogP contribution in [-0.2, 0) is 6.42 Å². The molecule has 0 unspecified atom stereocenters. The second-order valence-electron chi connectivity index (χ2n) is 8.09. The van der Waals surface area contributed by atoms with E-state index in [0.29, 0.717) is 28.9 Å². The first kappa shape index (κ1) is 21.1. The maximum Gasteiger partial charge on any atom is 0.326 e. The molecule has 0 aliphatic carbocycles. The standard InChI is InChI=1S/C25H19ClN8O/c26-19-14-27-8-5-21(19)31-25(35)34-10-7-15-1-2-16(12-22(15)34)24-28-9-6-23(32-24)30-18-3-4-20-17(11-18)13-29-33-20/h1-6,8-9,11-14H,7,10H2,(H,29,33)(H,27,31,35)(H,28,30,32). The summed E-state index contributed by atoms with van der Waals surface area (Å²) in [5.41, 5.74) is 5.13. The van der Waals surface area contributed by atoms with Crippen molar-refractivity contribution in [1.29, 1.82) is 0 Å². The Balaban J connectivity index is 1.25. The van der Waals surface area contributed by atoms with Gasteiger partial charge < -0.3 is 10.6 Å². The largest absolute Gasteiger partial charge is 0.340 e. The lowest BCUT2D eigenvalue weighted by atomic mass is 10.1. The summed E-state index contributed by atoms with van der Waals surface area (Å²) in [6, 6.07) is 15.1. The predicted molar refractivity (Wildman–Crippen MR) is 136 cm³/mol. The number of amides is 2. The van der Waals surface area contributed by atoms with Gasteiger partial charge in [-0.15, -0.1) is 0 Å². The normalized spacial score (nSPS) is 12.5. The van der Waals surface area contributed by atoms with Crippen LogP contribution in [0.4, 0.5) is 27.7 Å². The van der Waals surface area contributed by atoms with Crippen molar-refractivity contribution in [1.82, 2.24) is 25.1 Å². The number of fused-ring (bicyclic) bond motifs is 2. The highest BCUT2D eigenvalue weighted by Crippen LogP contribution is 2.33. The number of aromatic amines is 1. The van der Waals surface area contributed by atoms with Gasteiger partial charge in [-0.05, 0) is 48.4 Å². The van der Waals surface area contributed by atoms with E-state index in [9.17, 15) is 4.79 Å². The molecule has 2 amide bonds. The van der Waals surface area contributed by atoms with Crippen LogP contribution in [0.2, 0.25) is 5.02 Å². The Labute approximate surface area is 205 Å². The number of nitrogens with zero attached hydrogens (tertiary/aromatic N) is 5. The number of carbonyl (C=O) groups excluding carboxylic acids is 1. The van der Waals surface area contributed by atoms with E-state index in [1.807, 2.05) is 42.5 Å². The third kappa shape index (κ3) is 4.13. The third-order valence-corrected chi connectivity index (χ3v) is 6.17. The Morgan fingerprint density at radius 3 is 2.91 bits per heavy atom. The summed E-state index contributed by atoms with van der Waals surface area (Å²) in [5.74, 6) is 1.23. The van der Waals surface area contributed by atoms with Crippen molar-refractivity contribution in [2.45, 2.75) is 6.42 Å². The minimum atomic E-state index is -0.250. The zero-order valence-corrected chi connectivity index (χ0v) is 19.1. The van der Waals surface area contributed by atoms with Gasteiger partial charge in [0.25, 0.3) is 0 Å². The molecule has 0 fully saturated rings. The fraction of sp³-hybridized carbons (Fsp3) is 0.0800. The second kappa shape index (κ2) is 8.69. The van der Waals surface area contributed by atoms with Crippen molar-refractivity contribution in [2.24, 2.45) is 0 Å². The van der Waals surface area contributed by atoms with Crippen LogP contribution in [0.3, 0.4) is 0 Å². The highest BCUT2D eigenvalue weighted by molar-refractivity contribution is 6.33. The highest BCUT2D eigenvalue weighted by Gasteiger charge is 2.26. The predicted octanol–water partition coefficient (Wildman–Crippen LogP) is 5.41. The van der Waals surface area contributed by atoms with Gasteiger partial charge in [0.15, 0.2) is 5.82 Å². The molecule has 0 atom stereocenters. The van der Waals surface area contributed by atoms with Gasteiger partial charge >= 0.3 is 6.03 Å². The lowest BCUT2D eigenvalue weighted by molar-refractivity contribution is 0.257. The maximum absolute atomic E-state index is 13.0. The average Bonchev–Trinajstić information content (AvgIpc) is 3.52. The van der Waals surface area contributed by atoms with Gasteiger partial charge in [-0.25, -0.2) is 14.8 Å². The molecule has 0 saturated carbocycles. The Morgan fingerprint density at radius 2 is 2.00 bits per heavy atom. The summed E-state index contributed by atoms with van der Waals surface area (Å²) in [7, 11) is 0. The quantitative estimate of drug-likeness (QED) is 0.316. The van der Waals surface area contributed by atoms with E-state index in [2.05, 4.69) is 30.8 Å². The molecule has 6 rings (SSSR count). The highest BCUT2D eigenvalue weighted by atomic mass is 35.5. The van der Waals surface area contributed by atoms with Gasteiger partial charge in [-0.2, -0.15) is 5.10 Å². The van der Waals surface area contributed by atoms with Gasteiger partial charge in [-0.1, -0.05) is 23.7 Å². The number of hydrogen-bond acceptors (Lipinski definition) is 6. The topological polar surface area (TPSA) is 112 Å². The van der Waals surface area contributed by atoms with Crippen LogP contribution >= 0.6 is 11.6 Å². The molecule has 35 heavy (non-hydrogen) atoms. The number of hydrogen-bond donors (Lipinski definition) is 3. The molecule has 4 heterocycles. The number of pyridine rings is 1. The first-order valence-electron chi connectivity index (χ1n) is 11.0. The first-order chi connectivity index (χ1) is 17.1. The van der Waals surface area contributed by atoms with Crippen molar-refractivity contribution >= 4 is 51.4 Å². The summed E-state index contributed by atoms with van der Waals surface area (Å²) >= 11 is 6.15. The van der Waals surface area contributed by atoms with Gasteiger partial charge in [0.05, 0.1) is 22.4 Å². The van der Waals surface area contributed by atoms with E-state index in [1.165, 1.54) is 6.20 Å². The molecular formula is C25H19ClN8O. The molecule has 3 aromatic heterocycles. The average molecular weight is 483 g/mol. The lowest BCUT2D eigenvalue weighted by Gasteiger charge is -2.19. The van der Waals surface area contributed by atoms with Crippen molar-refractivity contribution in [2.75, 3.05) is 22.1 Å². The molecule has 0 saturated heterocycles. The number of urea groups is 1. The van der Waals surface area contributed by atoms with Crippen LogP contribution in [0, 0.1) is 0 Å². The molecule has 0 radical (unpaired) electrons. The molecule has 9 nitrogen and oxygen atoms in total. The molecule has 2 aromatic carbocycles. The molecule has 5 aromatic rings. The number of H-pyrrole nitrogens is 1. The molecule has 10 heteroatoms. The monoisotopic (exact) mass is 482 g/mol. The minimum Gasteiger partial charge on any atom is -0.340 e. The van der Waals surface area contributed by atoms with Crippen molar-refractivity contribution < 1.29 is 4.79 Å². The van der Waals surface area contributed by atoms with E-state index < -0.39 is 0 Å². The van der Waals surface area contributed by atoms with Crippen LogP contribution in [0.25, 0.3) is 22.3 Å². The summed E-state index contributed by atoms with van der Waals surface area (Å²) in [6.45, 7) is 0.576. The Hall–Kier alpha value is -4.50. The Kier molecular flexibility index (Phi) is 5.23. The van der Waals surface area contributed by atoms with E-state index >= 15 is 0 Å². The van der Waals surface area contributed by atoms with E-state index in [0.717, 1.165) is 39.8 Å². The number of nitrogens with one attached hydrogen (secondary N) is 3. The maximum atomic E-state index is 13.0. The zero-order valence-electron chi connectivity index (χ0n) is 18.4. The molecule has 172 valence electrons.